The lowest BCUT2D eigenvalue weighted by atomic mass is 9.78. The molecular weight excluding hydrogens is 306 g/mol. The maximum atomic E-state index is 11.2. The highest BCUT2D eigenvalue weighted by molar-refractivity contribution is 5.87. The van der Waals surface area contributed by atoms with Crippen LogP contribution in [0.4, 0.5) is 0 Å². The lowest BCUT2D eigenvalue weighted by Crippen LogP contribution is -2.20. The molecule has 0 radical (unpaired) electrons. The van der Waals surface area contributed by atoms with Gasteiger partial charge in [0.2, 0.25) is 0 Å². The van der Waals surface area contributed by atoms with Gasteiger partial charge < -0.3 is 10.0 Å². The molecular formula is C23H29NO. The first-order valence-electron chi connectivity index (χ1n) is 9.00. The molecule has 0 spiro atoms. The highest BCUT2D eigenvalue weighted by atomic mass is 16.3. The number of rotatable bonds is 4. The Morgan fingerprint density at radius 1 is 1.08 bits per heavy atom. The summed E-state index contributed by atoms with van der Waals surface area (Å²) in [5, 5.41) is 13.5. The summed E-state index contributed by atoms with van der Waals surface area (Å²) in [6.45, 7) is 7.24. The van der Waals surface area contributed by atoms with E-state index in [0.717, 1.165) is 17.5 Å². The molecule has 25 heavy (non-hydrogen) atoms. The lowest BCUT2D eigenvalue weighted by Gasteiger charge is -2.30. The normalized spacial score (nSPS) is 18.8. The van der Waals surface area contributed by atoms with E-state index in [1.165, 1.54) is 16.5 Å². The third-order valence-corrected chi connectivity index (χ3v) is 4.87. The minimum atomic E-state index is -0.506. The van der Waals surface area contributed by atoms with E-state index in [4.69, 9.17) is 0 Å². The summed E-state index contributed by atoms with van der Waals surface area (Å²) in [5.74, 6) is 0.228. The molecule has 0 bridgehead atoms. The average Bonchev–Trinajstić information content (AvgIpc) is 2.99. The summed E-state index contributed by atoms with van der Waals surface area (Å²) in [6.07, 6.45) is 6.28. The molecule has 0 amide bonds. The standard InChI is InChI=1S/C23H29NO/c1-23(2,3)22(25)21-19-9-7-6-8-17(19)12-13-20(21)18-11-10-16(14-18)15-24(4)5/h6-14,18,22,25H,15H2,1-5H3. The summed E-state index contributed by atoms with van der Waals surface area (Å²) >= 11 is 0. The molecule has 2 aromatic carbocycles. The molecule has 0 fully saturated rings. The first kappa shape index (κ1) is 17.9. The molecule has 132 valence electrons. The van der Waals surface area contributed by atoms with Crippen LogP contribution in [0.15, 0.2) is 60.2 Å². The number of hydrogen-bond acceptors (Lipinski definition) is 2. The smallest absolute Gasteiger partial charge is 0.0847 e. The van der Waals surface area contributed by atoms with Crippen LogP contribution in [-0.2, 0) is 0 Å². The van der Waals surface area contributed by atoms with Crippen LogP contribution in [0.3, 0.4) is 0 Å². The Morgan fingerprint density at radius 2 is 1.80 bits per heavy atom. The fraction of sp³-hybridized carbons (Fsp3) is 0.391. The van der Waals surface area contributed by atoms with Crippen LogP contribution in [0, 0.1) is 5.41 Å². The highest BCUT2D eigenvalue weighted by Gasteiger charge is 2.29. The number of likely N-dealkylation sites (N-methyl/N-ethyl adjacent to an activating group) is 1. The molecule has 2 atom stereocenters. The third kappa shape index (κ3) is 3.70. The van der Waals surface area contributed by atoms with Crippen LogP contribution in [0.5, 0.6) is 0 Å². The van der Waals surface area contributed by atoms with E-state index in [1.807, 2.05) is 0 Å². The van der Waals surface area contributed by atoms with Crippen LogP contribution in [0.25, 0.3) is 10.8 Å². The second-order valence-electron chi connectivity index (χ2n) is 8.42. The van der Waals surface area contributed by atoms with E-state index in [1.54, 1.807) is 0 Å². The third-order valence-electron chi connectivity index (χ3n) is 4.87. The van der Waals surface area contributed by atoms with Crippen molar-refractivity contribution in [1.82, 2.24) is 4.90 Å². The van der Waals surface area contributed by atoms with Crippen molar-refractivity contribution in [2.24, 2.45) is 5.41 Å². The van der Waals surface area contributed by atoms with Crippen LogP contribution in [0.1, 0.15) is 43.9 Å². The molecule has 2 heteroatoms. The van der Waals surface area contributed by atoms with Crippen LogP contribution in [0.2, 0.25) is 0 Å². The molecule has 1 aliphatic carbocycles. The Bertz CT molecular complexity index is 824. The van der Waals surface area contributed by atoms with Gasteiger partial charge in [-0.05, 0) is 47.0 Å². The van der Waals surface area contributed by atoms with Crippen LogP contribution >= 0.6 is 0 Å². The number of aliphatic hydroxyl groups excluding tert-OH is 1. The van der Waals surface area contributed by atoms with Crippen molar-refractivity contribution >= 4 is 10.8 Å². The number of hydrogen-bond donors (Lipinski definition) is 1. The largest absolute Gasteiger partial charge is 0.388 e. The molecule has 2 aromatic rings. The Hall–Kier alpha value is -1.90. The number of fused-ring (bicyclic) bond motifs is 1. The number of aliphatic hydroxyl groups is 1. The number of allylic oxidation sites excluding steroid dienone is 2. The molecule has 0 aromatic heterocycles. The fourth-order valence-corrected chi connectivity index (χ4v) is 3.57. The summed E-state index contributed by atoms with van der Waals surface area (Å²) in [5.41, 5.74) is 3.41. The van der Waals surface area contributed by atoms with E-state index in [0.29, 0.717) is 0 Å². The van der Waals surface area contributed by atoms with Gasteiger partial charge in [-0.25, -0.2) is 0 Å². The first-order valence-corrected chi connectivity index (χ1v) is 9.00. The molecule has 1 aliphatic rings. The molecule has 2 unspecified atom stereocenters. The van der Waals surface area contributed by atoms with Gasteiger partial charge in [0, 0.05) is 12.5 Å². The van der Waals surface area contributed by atoms with E-state index < -0.39 is 6.10 Å². The summed E-state index contributed by atoms with van der Waals surface area (Å²) in [4.78, 5) is 2.18. The molecule has 1 N–H and O–H groups in total. The van der Waals surface area contributed by atoms with E-state index in [2.05, 4.69) is 94.4 Å². The second-order valence-corrected chi connectivity index (χ2v) is 8.42. The predicted octanol–water partition coefficient (Wildman–Crippen LogP) is 5.06. The van der Waals surface area contributed by atoms with Crippen LogP contribution < -0.4 is 0 Å². The Balaban J connectivity index is 2.13. The molecule has 3 rings (SSSR count). The molecule has 0 saturated heterocycles. The van der Waals surface area contributed by atoms with Crippen molar-refractivity contribution in [3.05, 3.63) is 71.3 Å². The van der Waals surface area contributed by atoms with Crippen molar-refractivity contribution in [2.75, 3.05) is 20.6 Å². The molecule has 2 nitrogen and oxygen atoms in total. The van der Waals surface area contributed by atoms with Gasteiger partial charge in [0.1, 0.15) is 0 Å². The monoisotopic (exact) mass is 335 g/mol. The highest BCUT2D eigenvalue weighted by Crippen LogP contribution is 2.42. The van der Waals surface area contributed by atoms with E-state index in [-0.39, 0.29) is 11.3 Å². The van der Waals surface area contributed by atoms with Gasteiger partial charge in [-0.1, -0.05) is 75.4 Å². The minimum Gasteiger partial charge on any atom is -0.388 e. The SMILES string of the molecule is CN(C)CC1=CC(c2ccc3ccccc3c2C(O)C(C)(C)C)C=C1. The first-order chi connectivity index (χ1) is 11.8. The van der Waals surface area contributed by atoms with Gasteiger partial charge >= 0.3 is 0 Å². The summed E-state index contributed by atoms with van der Waals surface area (Å²) in [7, 11) is 4.18. The maximum Gasteiger partial charge on any atom is 0.0847 e. The van der Waals surface area contributed by atoms with Gasteiger partial charge in [-0.15, -0.1) is 0 Å². The van der Waals surface area contributed by atoms with Crippen molar-refractivity contribution in [2.45, 2.75) is 32.8 Å². The predicted molar refractivity (Wildman–Crippen MR) is 107 cm³/mol. The van der Waals surface area contributed by atoms with Gasteiger partial charge in [0.15, 0.2) is 0 Å². The van der Waals surface area contributed by atoms with Crippen molar-refractivity contribution < 1.29 is 5.11 Å². The molecule has 0 saturated carbocycles. The van der Waals surface area contributed by atoms with Crippen molar-refractivity contribution in [1.29, 1.82) is 0 Å². The fourth-order valence-electron chi connectivity index (χ4n) is 3.57. The van der Waals surface area contributed by atoms with Gasteiger partial charge in [0.25, 0.3) is 0 Å². The summed E-state index contributed by atoms with van der Waals surface area (Å²) in [6, 6.07) is 12.7. The van der Waals surface area contributed by atoms with Gasteiger partial charge in [-0.2, -0.15) is 0 Å². The zero-order valence-corrected chi connectivity index (χ0v) is 16.0. The molecule has 0 heterocycles. The molecule has 0 aliphatic heterocycles. The average molecular weight is 335 g/mol. The minimum absolute atomic E-state index is 0.211. The van der Waals surface area contributed by atoms with E-state index >= 15 is 0 Å². The zero-order chi connectivity index (χ0) is 18.2. The quantitative estimate of drug-likeness (QED) is 0.844. The van der Waals surface area contributed by atoms with Gasteiger partial charge in [-0.3, -0.25) is 0 Å². The van der Waals surface area contributed by atoms with Crippen molar-refractivity contribution in [3.63, 3.8) is 0 Å². The van der Waals surface area contributed by atoms with Gasteiger partial charge in [0.05, 0.1) is 6.10 Å². The number of benzene rings is 2. The van der Waals surface area contributed by atoms with Crippen LogP contribution in [-0.4, -0.2) is 30.6 Å². The topological polar surface area (TPSA) is 23.5 Å². The summed E-state index contributed by atoms with van der Waals surface area (Å²) < 4.78 is 0. The van der Waals surface area contributed by atoms with Crippen molar-refractivity contribution in [3.8, 4) is 0 Å². The Labute approximate surface area is 151 Å². The second kappa shape index (κ2) is 6.78. The Kier molecular flexibility index (Phi) is 4.86. The Morgan fingerprint density at radius 3 is 2.48 bits per heavy atom. The zero-order valence-electron chi connectivity index (χ0n) is 16.0. The maximum absolute atomic E-state index is 11.2. The van der Waals surface area contributed by atoms with E-state index in [9.17, 15) is 5.11 Å². The number of nitrogens with zero attached hydrogens (tertiary/aromatic N) is 1. The lowest BCUT2D eigenvalue weighted by molar-refractivity contribution is 0.0631.